The number of hydrogen-bond donors (Lipinski definition) is 1. The molecule has 8 heteroatoms. The molecule has 1 N–H and O–H groups in total. The summed E-state index contributed by atoms with van der Waals surface area (Å²) in [6, 6.07) is 11.4. The second kappa shape index (κ2) is 8.48. The Bertz CT molecular complexity index is 660. The fourth-order valence-corrected chi connectivity index (χ4v) is 1.60. The van der Waals surface area contributed by atoms with Crippen LogP contribution in [0.3, 0.4) is 0 Å². The summed E-state index contributed by atoms with van der Waals surface area (Å²) < 4.78 is 1.72. The van der Waals surface area contributed by atoms with E-state index in [-0.39, 0.29) is 30.5 Å². The summed E-state index contributed by atoms with van der Waals surface area (Å²) in [5.74, 6) is -0.260. The lowest BCUT2D eigenvalue weighted by atomic mass is 10.2. The molecule has 0 atom stereocenters. The Morgan fingerprint density at radius 3 is 2.45 bits per heavy atom. The Morgan fingerprint density at radius 1 is 1.23 bits per heavy atom. The van der Waals surface area contributed by atoms with Crippen molar-refractivity contribution >= 4 is 17.8 Å². The van der Waals surface area contributed by atoms with Crippen LogP contribution in [-0.4, -0.2) is 17.0 Å². The number of nitro benzene ring substituents is 1. The minimum Gasteiger partial charge on any atom is -1.00 e. The standard InChI is InChI=1S/C14H12N4O3.ClH/c19-14(11-17-8-2-1-3-9-17)16-15-10-12-4-6-13(7-5-12)18(20)21;/h1-10H,11H2;1H/b15-10+;. The summed E-state index contributed by atoms with van der Waals surface area (Å²) in [6.07, 6.45) is 4.98. The van der Waals surface area contributed by atoms with Crippen molar-refractivity contribution in [3.63, 3.8) is 0 Å². The summed E-state index contributed by atoms with van der Waals surface area (Å²) in [7, 11) is 0. The molecule has 0 aliphatic carbocycles. The number of rotatable bonds is 5. The second-order valence-corrected chi connectivity index (χ2v) is 4.19. The van der Waals surface area contributed by atoms with Gasteiger partial charge in [0, 0.05) is 24.3 Å². The lowest BCUT2D eigenvalue weighted by Crippen LogP contribution is -3.00. The van der Waals surface area contributed by atoms with Crippen LogP contribution in [-0.2, 0) is 11.3 Å². The van der Waals surface area contributed by atoms with Crippen molar-refractivity contribution in [2.45, 2.75) is 6.54 Å². The number of halogens is 1. The van der Waals surface area contributed by atoms with E-state index >= 15 is 0 Å². The van der Waals surface area contributed by atoms with E-state index in [1.165, 1.54) is 18.3 Å². The molecule has 0 unspecified atom stereocenters. The first-order valence-electron chi connectivity index (χ1n) is 6.15. The molecule has 0 spiro atoms. The predicted octanol–water partition coefficient (Wildman–Crippen LogP) is -1.96. The van der Waals surface area contributed by atoms with Gasteiger partial charge in [-0.1, -0.05) is 6.07 Å². The number of nitrogens with one attached hydrogen (secondary N) is 1. The van der Waals surface area contributed by atoms with Gasteiger partial charge in [-0.2, -0.15) is 9.67 Å². The molecule has 1 heterocycles. The molecule has 1 aromatic heterocycles. The zero-order chi connectivity index (χ0) is 15.1. The highest BCUT2D eigenvalue weighted by molar-refractivity contribution is 5.82. The molecule has 1 aromatic carbocycles. The quantitative estimate of drug-likeness (QED) is 0.300. The molecule has 0 saturated heterocycles. The van der Waals surface area contributed by atoms with E-state index in [1.807, 2.05) is 18.2 Å². The number of aromatic nitrogens is 1. The van der Waals surface area contributed by atoms with E-state index in [1.54, 1.807) is 29.1 Å². The van der Waals surface area contributed by atoms with Gasteiger partial charge < -0.3 is 12.4 Å². The fraction of sp³-hybridized carbons (Fsp3) is 0.0714. The first kappa shape index (κ1) is 17.3. The van der Waals surface area contributed by atoms with Gasteiger partial charge in [-0.25, -0.2) is 5.43 Å². The first-order chi connectivity index (χ1) is 10.1. The smallest absolute Gasteiger partial charge is 0.305 e. The molecule has 7 nitrogen and oxygen atoms in total. The summed E-state index contributed by atoms with van der Waals surface area (Å²) in [4.78, 5) is 21.6. The van der Waals surface area contributed by atoms with E-state index in [2.05, 4.69) is 10.5 Å². The molecule has 2 rings (SSSR count). The van der Waals surface area contributed by atoms with Gasteiger partial charge >= 0.3 is 5.91 Å². The second-order valence-electron chi connectivity index (χ2n) is 4.19. The Morgan fingerprint density at radius 2 is 1.86 bits per heavy atom. The van der Waals surface area contributed by atoms with Gasteiger partial charge in [0.2, 0.25) is 6.54 Å². The molecule has 0 saturated carbocycles. The highest BCUT2D eigenvalue weighted by atomic mass is 35.5. The van der Waals surface area contributed by atoms with Crippen molar-refractivity contribution in [1.29, 1.82) is 0 Å². The number of benzene rings is 1. The number of non-ortho nitro benzene ring substituents is 1. The van der Waals surface area contributed by atoms with Crippen molar-refractivity contribution in [2.24, 2.45) is 5.10 Å². The van der Waals surface area contributed by atoms with Crippen LogP contribution in [0.4, 0.5) is 5.69 Å². The van der Waals surface area contributed by atoms with E-state index in [4.69, 9.17) is 0 Å². The highest BCUT2D eigenvalue weighted by Crippen LogP contribution is 2.10. The summed E-state index contributed by atoms with van der Waals surface area (Å²) >= 11 is 0. The van der Waals surface area contributed by atoms with Crippen LogP contribution in [0.25, 0.3) is 0 Å². The lowest BCUT2D eigenvalue weighted by Gasteiger charge is -1.96. The van der Waals surface area contributed by atoms with Gasteiger partial charge in [-0.05, 0) is 17.7 Å². The van der Waals surface area contributed by atoms with Crippen molar-refractivity contribution in [1.82, 2.24) is 5.43 Å². The molecule has 0 radical (unpaired) electrons. The molecular formula is C14H13ClN4O3. The third kappa shape index (κ3) is 5.29. The minimum absolute atomic E-state index is 0. The van der Waals surface area contributed by atoms with Gasteiger partial charge in [0.1, 0.15) is 0 Å². The Balaban J connectivity index is 0.00000242. The molecule has 22 heavy (non-hydrogen) atoms. The molecule has 0 aliphatic heterocycles. The van der Waals surface area contributed by atoms with Crippen molar-refractivity contribution in [3.8, 4) is 0 Å². The predicted molar refractivity (Wildman–Crippen MR) is 75.5 cm³/mol. The third-order valence-corrected chi connectivity index (χ3v) is 2.61. The zero-order valence-corrected chi connectivity index (χ0v) is 12.2. The van der Waals surface area contributed by atoms with Crippen LogP contribution in [0, 0.1) is 10.1 Å². The summed E-state index contributed by atoms with van der Waals surface area (Å²) in [5, 5.41) is 14.3. The molecule has 0 bridgehead atoms. The number of nitro groups is 1. The molecule has 114 valence electrons. The third-order valence-electron chi connectivity index (χ3n) is 2.61. The number of hydrogen-bond acceptors (Lipinski definition) is 4. The number of hydrazone groups is 1. The molecular weight excluding hydrogens is 308 g/mol. The van der Waals surface area contributed by atoms with Crippen LogP contribution < -0.4 is 22.4 Å². The maximum absolute atomic E-state index is 11.6. The highest BCUT2D eigenvalue weighted by Gasteiger charge is 2.06. The van der Waals surface area contributed by atoms with Gasteiger partial charge in [0.25, 0.3) is 5.69 Å². The van der Waals surface area contributed by atoms with Gasteiger partial charge in [0.15, 0.2) is 12.4 Å². The number of carbonyl (C=O) groups is 1. The van der Waals surface area contributed by atoms with Crippen LogP contribution in [0.15, 0.2) is 60.0 Å². The van der Waals surface area contributed by atoms with Crippen LogP contribution >= 0.6 is 0 Å². The Labute approximate surface area is 132 Å². The maximum Gasteiger partial charge on any atom is 0.305 e. The minimum atomic E-state index is -0.472. The number of nitrogens with zero attached hydrogens (tertiary/aromatic N) is 3. The van der Waals surface area contributed by atoms with E-state index < -0.39 is 4.92 Å². The van der Waals surface area contributed by atoms with Crippen molar-refractivity contribution in [3.05, 3.63) is 70.5 Å². The molecule has 2 aromatic rings. The SMILES string of the molecule is O=C(C[n+]1ccccc1)N/N=C/c1ccc([N+](=O)[O-])cc1.[Cl-]. The van der Waals surface area contributed by atoms with E-state index in [9.17, 15) is 14.9 Å². The van der Waals surface area contributed by atoms with E-state index in [0.717, 1.165) is 0 Å². The lowest BCUT2D eigenvalue weighted by molar-refractivity contribution is -0.684. The van der Waals surface area contributed by atoms with Crippen LogP contribution in [0.1, 0.15) is 5.56 Å². The zero-order valence-electron chi connectivity index (χ0n) is 11.4. The summed E-state index contributed by atoms with van der Waals surface area (Å²) in [5.41, 5.74) is 3.06. The van der Waals surface area contributed by atoms with Crippen LogP contribution in [0.2, 0.25) is 0 Å². The first-order valence-corrected chi connectivity index (χ1v) is 6.15. The largest absolute Gasteiger partial charge is 1.00 e. The summed E-state index contributed by atoms with van der Waals surface area (Å²) in [6.45, 7) is 0.165. The number of amides is 1. The van der Waals surface area contributed by atoms with E-state index in [0.29, 0.717) is 5.56 Å². The fourth-order valence-electron chi connectivity index (χ4n) is 1.60. The Kier molecular flexibility index (Phi) is 6.65. The Hall–Kier alpha value is -2.80. The molecule has 0 aliphatic rings. The topological polar surface area (TPSA) is 88.5 Å². The maximum atomic E-state index is 11.6. The van der Waals surface area contributed by atoms with Crippen molar-refractivity contribution < 1.29 is 26.7 Å². The number of pyridine rings is 1. The average molecular weight is 321 g/mol. The van der Waals surface area contributed by atoms with Gasteiger partial charge in [-0.3, -0.25) is 14.9 Å². The van der Waals surface area contributed by atoms with Crippen molar-refractivity contribution in [2.75, 3.05) is 0 Å². The normalized spacial score (nSPS) is 10.0. The molecule has 1 amide bonds. The average Bonchev–Trinajstić information content (AvgIpc) is 2.49. The van der Waals surface area contributed by atoms with Crippen LogP contribution in [0.5, 0.6) is 0 Å². The van der Waals surface area contributed by atoms with Gasteiger partial charge in [-0.15, -0.1) is 0 Å². The number of carbonyl (C=O) groups excluding carboxylic acids is 1. The molecule has 0 fully saturated rings. The monoisotopic (exact) mass is 320 g/mol. The van der Waals surface area contributed by atoms with Gasteiger partial charge in [0.05, 0.1) is 11.1 Å².